The van der Waals surface area contributed by atoms with Crippen LogP contribution in [0.5, 0.6) is 0 Å². The number of rotatable bonds is 6. The number of hydrogen-bond donors (Lipinski definition) is 1. The van der Waals surface area contributed by atoms with Crippen LogP contribution in [0.4, 0.5) is 0 Å². The van der Waals surface area contributed by atoms with Gasteiger partial charge in [0.1, 0.15) is 11.6 Å². The van der Waals surface area contributed by atoms with E-state index < -0.39 is 0 Å². The van der Waals surface area contributed by atoms with E-state index in [0.29, 0.717) is 5.92 Å². The van der Waals surface area contributed by atoms with Crippen molar-refractivity contribution in [1.82, 2.24) is 29.6 Å². The molecular weight excluding hydrogens is 388 g/mol. The second kappa shape index (κ2) is 7.65. The molecule has 1 atom stereocenters. The number of fused-ring (bicyclic) bond motifs is 1. The van der Waals surface area contributed by atoms with E-state index >= 15 is 0 Å². The summed E-state index contributed by atoms with van der Waals surface area (Å²) in [5.41, 5.74) is 2.91. The highest BCUT2D eigenvalue weighted by Crippen LogP contribution is 2.39. The zero-order valence-corrected chi connectivity index (χ0v) is 18.0. The van der Waals surface area contributed by atoms with Gasteiger partial charge in [0.2, 0.25) is 5.82 Å². The van der Waals surface area contributed by atoms with Crippen LogP contribution in [0.25, 0.3) is 16.7 Å². The van der Waals surface area contributed by atoms with Crippen molar-refractivity contribution in [1.29, 1.82) is 0 Å². The lowest BCUT2D eigenvalue weighted by atomic mass is 10.2. The van der Waals surface area contributed by atoms with Gasteiger partial charge in [-0.05, 0) is 57.9 Å². The van der Waals surface area contributed by atoms with Gasteiger partial charge in [-0.3, -0.25) is 4.79 Å². The minimum absolute atomic E-state index is 0.199. The van der Waals surface area contributed by atoms with E-state index in [2.05, 4.69) is 39.9 Å². The van der Waals surface area contributed by atoms with Crippen molar-refractivity contribution in [3.8, 4) is 5.69 Å². The van der Waals surface area contributed by atoms with Crippen molar-refractivity contribution in [2.45, 2.75) is 51.6 Å². The highest BCUT2D eigenvalue weighted by Gasteiger charge is 2.32. The Labute approximate surface area is 181 Å². The molecule has 2 aromatic carbocycles. The molecule has 0 aliphatic heterocycles. The maximum Gasteiger partial charge on any atom is 0.291 e. The van der Waals surface area contributed by atoms with E-state index in [1.54, 1.807) is 4.68 Å². The first-order chi connectivity index (χ1) is 15.0. The molecule has 4 aromatic rings. The number of benzene rings is 2. The molecule has 0 bridgehead atoms. The monoisotopic (exact) mass is 414 g/mol. The molecule has 1 aliphatic rings. The van der Waals surface area contributed by atoms with Crippen LogP contribution in [-0.2, 0) is 0 Å². The van der Waals surface area contributed by atoms with Gasteiger partial charge in [0.25, 0.3) is 5.91 Å². The lowest BCUT2D eigenvalue weighted by molar-refractivity contribution is 0.0927. The van der Waals surface area contributed by atoms with Crippen LogP contribution in [-0.4, -0.2) is 30.2 Å². The summed E-state index contributed by atoms with van der Waals surface area (Å²) in [6.07, 6.45) is 2.17. The largest absolute Gasteiger partial charge is 0.340 e. The number of carbonyl (C=O) groups excluding carboxylic acids is 1. The minimum atomic E-state index is -0.286. The molecule has 2 heterocycles. The SMILES string of the molecule is CC(NC(=O)c1nc(C2CC2)n(-c2ccccc2)n1)c1nc2ccccc2n1C(C)C. The van der Waals surface area contributed by atoms with Gasteiger partial charge < -0.3 is 9.88 Å². The smallest absolute Gasteiger partial charge is 0.291 e. The van der Waals surface area contributed by atoms with E-state index in [1.165, 1.54) is 0 Å². The third kappa shape index (κ3) is 3.60. The van der Waals surface area contributed by atoms with Crippen LogP contribution in [0.15, 0.2) is 54.6 Å². The average Bonchev–Trinajstić information content (AvgIpc) is 3.39. The van der Waals surface area contributed by atoms with Crippen LogP contribution in [0.2, 0.25) is 0 Å². The summed E-state index contributed by atoms with van der Waals surface area (Å²) >= 11 is 0. The fourth-order valence-electron chi connectivity index (χ4n) is 4.02. The fraction of sp³-hybridized carbons (Fsp3) is 0.333. The van der Waals surface area contributed by atoms with Crippen LogP contribution < -0.4 is 5.32 Å². The molecule has 7 nitrogen and oxygen atoms in total. The Morgan fingerprint density at radius 3 is 2.42 bits per heavy atom. The zero-order valence-electron chi connectivity index (χ0n) is 18.0. The van der Waals surface area contributed by atoms with Gasteiger partial charge in [0.05, 0.1) is 22.8 Å². The van der Waals surface area contributed by atoms with Gasteiger partial charge in [-0.2, -0.15) is 0 Å². The first-order valence-electron chi connectivity index (χ1n) is 10.8. The van der Waals surface area contributed by atoms with Crippen molar-refractivity contribution in [3.63, 3.8) is 0 Å². The zero-order chi connectivity index (χ0) is 21.5. The van der Waals surface area contributed by atoms with Crippen molar-refractivity contribution in [2.24, 2.45) is 0 Å². The third-order valence-corrected chi connectivity index (χ3v) is 5.65. The van der Waals surface area contributed by atoms with Gasteiger partial charge in [0, 0.05) is 12.0 Å². The minimum Gasteiger partial charge on any atom is -0.340 e. The molecule has 1 aliphatic carbocycles. The third-order valence-electron chi connectivity index (χ3n) is 5.65. The normalized spacial score (nSPS) is 14.8. The molecule has 1 unspecified atom stereocenters. The van der Waals surface area contributed by atoms with E-state index in [0.717, 1.165) is 41.2 Å². The molecule has 2 aromatic heterocycles. The fourth-order valence-corrected chi connectivity index (χ4v) is 4.02. The quantitative estimate of drug-likeness (QED) is 0.501. The van der Waals surface area contributed by atoms with Crippen molar-refractivity contribution in [3.05, 3.63) is 72.1 Å². The number of para-hydroxylation sites is 3. The second-order valence-electron chi connectivity index (χ2n) is 8.43. The molecule has 7 heteroatoms. The molecule has 5 rings (SSSR count). The maximum atomic E-state index is 13.1. The summed E-state index contributed by atoms with van der Waals surface area (Å²) in [7, 11) is 0. The Bertz CT molecular complexity index is 1240. The van der Waals surface area contributed by atoms with Gasteiger partial charge in [-0.15, -0.1) is 5.10 Å². The van der Waals surface area contributed by atoms with Crippen molar-refractivity contribution < 1.29 is 4.79 Å². The first-order valence-corrected chi connectivity index (χ1v) is 10.8. The lowest BCUT2D eigenvalue weighted by Crippen LogP contribution is -2.30. The summed E-state index contributed by atoms with van der Waals surface area (Å²) in [5.74, 6) is 1.97. The highest BCUT2D eigenvalue weighted by molar-refractivity contribution is 5.90. The van der Waals surface area contributed by atoms with Crippen molar-refractivity contribution >= 4 is 16.9 Å². The summed E-state index contributed by atoms with van der Waals surface area (Å²) in [4.78, 5) is 22.5. The Morgan fingerprint density at radius 2 is 1.71 bits per heavy atom. The molecule has 0 spiro atoms. The van der Waals surface area contributed by atoms with Crippen LogP contribution in [0, 0.1) is 0 Å². The number of nitrogens with zero attached hydrogens (tertiary/aromatic N) is 5. The predicted octanol–water partition coefficient (Wildman–Crippen LogP) is 4.57. The van der Waals surface area contributed by atoms with Gasteiger partial charge >= 0.3 is 0 Å². The maximum absolute atomic E-state index is 13.1. The topological polar surface area (TPSA) is 77.6 Å². The number of carbonyl (C=O) groups is 1. The summed E-state index contributed by atoms with van der Waals surface area (Å²) in [6.45, 7) is 6.20. The molecular formula is C24H26N6O. The Balaban J connectivity index is 1.45. The van der Waals surface area contributed by atoms with E-state index in [1.807, 2.05) is 55.5 Å². The second-order valence-corrected chi connectivity index (χ2v) is 8.43. The van der Waals surface area contributed by atoms with E-state index in [4.69, 9.17) is 4.98 Å². The Hall–Kier alpha value is -3.48. The van der Waals surface area contributed by atoms with Gasteiger partial charge in [-0.1, -0.05) is 30.3 Å². The molecule has 1 saturated carbocycles. The molecule has 1 N–H and O–H groups in total. The van der Waals surface area contributed by atoms with Crippen LogP contribution in [0.3, 0.4) is 0 Å². The van der Waals surface area contributed by atoms with E-state index in [9.17, 15) is 4.79 Å². The predicted molar refractivity (Wildman–Crippen MR) is 119 cm³/mol. The standard InChI is InChI=1S/C24H26N6O/c1-15(2)29-20-12-8-7-11-19(20)26-22(29)16(3)25-24(31)21-27-23(17-13-14-17)30(28-21)18-9-5-4-6-10-18/h4-12,15-17H,13-14H2,1-3H3,(H,25,31). The molecule has 1 amide bonds. The number of imidazole rings is 1. The average molecular weight is 415 g/mol. The van der Waals surface area contributed by atoms with E-state index in [-0.39, 0.29) is 23.8 Å². The van der Waals surface area contributed by atoms with Crippen LogP contribution in [0.1, 0.15) is 73.9 Å². The number of nitrogens with one attached hydrogen (secondary N) is 1. The molecule has 0 radical (unpaired) electrons. The van der Waals surface area contributed by atoms with Crippen LogP contribution >= 0.6 is 0 Å². The molecule has 31 heavy (non-hydrogen) atoms. The Morgan fingerprint density at radius 1 is 1.00 bits per heavy atom. The van der Waals surface area contributed by atoms with Gasteiger partial charge in [0.15, 0.2) is 0 Å². The Kier molecular flexibility index (Phi) is 4.81. The first kappa shape index (κ1) is 19.5. The molecule has 0 saturated heterocycles. The number of aromatic nitrogens is 5. The number of amides is 1. The number of hydrogen-bond acceptors (Lipinski definition) is 4. The summed E-state index contributed by atoms with van der Waals surface area (Å²) < 4.78 is 3.98. The van der Waals surface area contributed by atoms with Gasteiger partial charge in [-0.25, -0.2) is 14.6 Å². The summed E-state index contributed by atoms with van der Waals surface area (Å²) in [6, 6.07) is 17.8. The van der Waals surface area contributed by atoms with Crippen molar-refractivity contribution in [2.75, 3.05) is 0 Å². The molecule has 158 valence electrons. The molecule has 1 fully saturated rings. The highest BCUT2D eigenvalue weighted by atomic mass is 16.2. The summed E-state index contributed by atoms with van der Waals surface area (Å²) in [5, 5.41) is 7.61. The lowest BCUT2D eigenvalue weighted by Gasteiger charge is -2.18.